The quantitative estimate of drug-likeness (QED) is 0.358. The highest BCUT2D eigenvalue weighted by atomic mass is 16.5. The number of rotatable bonds is 6. The molecule has 0 atom stereocenters. The topological polar surface area (TPSA) is 103 Å². The largest absolute Gasteiger partial charge is 0.495 e. The molecule has 1 N–H and O–H groups in total. The lowest BCUT2D eigenvalue weighted by molar-refractivity contribution is 0.122. The minimum atomic E-state index is 0.526. The van der Waals surface area contributed by atoms with Gasteiger partial charge in [-0.15, -0.1) is 0 Å². The molecule has 1 saturated heterocycles. The molecule has 0 saturated carbocycles. The first-order valence-corrected chi connectivity index (χ1v) is 10.7. The summed E-state index contributed by atoms with van der Waals surface area (Å²) < 4.78 is 12.5. The van der Waals surface area contributed by atoms with Crippen LogP contribution in [0.4, 0.5) is 11.8 Å². The average molecular weight is 444 g/mol. The molecule has 1 aromatic carbocycles. The minimum absolute atomic E-state index is 0.526. The van der Waals surface area contributed by atoms with E-state index in [-0.39, 0.29) is 0 Å². The Morgan fingerprint density at radius 2 is 2.00 bits per heavy atom. The van der Waals surface area contributed by atoms with E-state index in [2.05, 4.69) is 31.5 Å². The first-order chi connectivity index (χ1) is 16.2. The van der Waals surface area contributed by atoms with E-state index in [9.17, 15) is 0 Å². The summed E-state index contributed by atoms with van der Waals surface area (Å²) in [5, 5.41) is 4.40. The van der Waals surface area contributed by atoms with Crippen molar-refractivity contribution < 1.29 is 9.47 Å². The zero-order valence-corrected chi connectivity index (χ0v) is 18.5. The number of aryl methyl sites for hydroxylation is 1. The zero-order valence-electron chi connectivity index (χ0n) is 18.5. The predicted octanol–water partition coefficient (Wildman–Crippen LogP) is 2.81. The van der Waals surface area contributed by atoms with Crippen LogP contribution in [0.5, 0.6) is 5.75 Å². The Balaban J connectivity index is 1.54. The van der Waals surface area contributed by atoms with Gasteiger partial charge in [-0.1, -0.05) is 29.8 Å². The fourth-order valence-electron chi connectivity index (χ4n) is 3.59. The van der Waals surface area contributed by atoms with Crippen molar-refractivity contribution in [2.45, 2.75) is 6.92 Å². The van der Waals surface area contributed by atoms with Crippen molar-refractivity contribution >= 4 is 29.1 Å². The summed E-state index contributed by atoms with van der Waals surface area (Å²) in [7, 11) is 1.61. The number of fused-ring (bicyclic) bond motifs is 1. The molecule has 0 spiro atoms. The minimum Gasteiger partial charge on any atom is -0.495 e. The molecule has 0 radical (unpaired) electrons. The first-order valence-electron chi connectivity index (χ1n) is 10.7. The van der Waals surface area contributed by atoms with E-state index in [0.29, 0.717) is 60.8 Å². The van der Waals surface area contributed by atoms with Crippen LogP contribution in [0.15, 0.2) is 54.0 Å². The van der Waals surface area contributed by atoms with Gasteiger partial charge in [0.25, 0.3) is 0 Å². The number of aromatic nitrogens is 5. The Morgan fingerprint density at radius 1 is 1.12 bits per heavy atom. The molecular formula is C23H24N8O2. The normalized spacial score (nSPS) is 14.2. The molecule has 0 aliphatic carbocycles. The Labute approximate surface area is 190 Å². The number of methoxy groups -OCH3 is 1. The van der Waals surface area contributed by atoms with Gasteiger partial charge in [0.15, 0.2) is 17.0 Å². The smallest absolute Gasteiger partial charge is 0.229 e. The summed E-state index contributed by atoms with van der Waals surface area (Å²) >= 11 is 0. The second kappa shape index (κ2) is 9.21. The van der Waals surface area contributed by atoms with Crippen LogP contribution in [-0.4, -0.2) is 64.1 Å². The summed E-state index contributed by atoms with van der Waals surface area (Å²) in [4.78, 5) is 20.7. The highest BCUT2D eigenvalue weighted by molar-refractivity contribution is 5.86. The number of anilines is 2. The number of benzene rings is 1. The van der Waals surface area contributed by atoms with Crippen LogP contribution in [0, 0.1) is 6.92 Å². The third-order valence-electron chi connectivity index (χ3n) is 5.31. The van der Waals surface area contributed by atoms with Gasteiger partial charge < -0.3 is 14.4 Å². The third kappa shape index (κ3) is 4.46. The Bertz CT molecular complexity index is 1280. The molecule has 0 bridgehead atoms. The molecule has 1 aliphatic heterocycles. The molecule has 10 nitrogen and oxygen atoms in total. The van der Waals surface area contributed by atoms with Gasteiger partial charge in [0.1, 0.15) is 17.9 Å². The lowest BCUT2D eigenvalue weighted by atomic mass is 10.2. The highest BCUT2D eigenvalue weighted by Crippen LogP contribution is 2.25. The van der Waals surface area contributed by atoms with E-state index < -0.39 is 0 Å². The van der Waals surface area contributed by atoms with Crippen molar-refractivity contribution in [1.29, 1.82) is 0 Å². The maximum Gasteiger partial charge on any atom is 0.229 e. The van der Waals surface area contributed by atoms with E-state index in [1.165, 1.54) is 5.56 Å². The van der Waals surface area contributed by atoms with Crippen LogP contribution in [0.1, 0.15) is 11.1 Å². The van der Waals surface area contributed by atoms with Crippen molar-refractivity contribution in [2.75, 3.05) is 43.7 Å². The number of imidazole rings is 1. The van der Waals surface area contributed by atoms with Gasteiger partial charge in [0.05, 0.1) is 32.7 Å². The van der Waals surface area contributed by atoms with Crippen molar-refractivity contribution in [1.82, 2.24) is 24.5 Å². The van der Waals surface area contributed by atoms with E-state index in [1.54, 1.807) is 25.8 Å². The number of ether oxygens (including phenoxy) is 2. The van der Waals surface area contributed by atoms with Crippen molar-refractivity contribution in [3.05, 3.63) is 60.0 Å². The molecule has 0 amide bonds. The second-order valence-electron chi connectivity index (χ2n) is 7.60. The molecule has 10 heteroatoms. The van der Waals surface area contributed by atoms with Gasteiger partial charge in [-0.25, -0.2) is 9.97 Å². The molecular weight excluding hydrogens is 420 g/mol. The van der Waals surface area contributed by atoms with Crippen molar-refractivity contribution in [3.63, 3.8) is 0 Å². The van der Waals surface area contributed by atoms with E-state index >= 15 is 0 Å². The summed E-state index contributed by atoms with van der Waals surface area (Å²) in [5.41, 5.74) is 6.47. The predicted molar refractivity (Wildman–Crippen MR) is 126 cm³/mol. The van der Waals surface area contributed by atoms with Crippen LogP contribution in [0.3, 0.4) is 0 Å². The molecule has 0 unspecified atom stereocenters. The maximum absolute atomic E-state index is 5.49. The summed E-state index contributed by atoms with van der Waals surface area (Å²) in [6.07, 6.45) is 5.11. The zero-order chi connectivity index (χ0) is 22.6. The van der Waals surface area contributed by atoms with Crippen LogP contribution in [0.2, 0.25) is 0 Å². The number of morpholine rings is 1. The summed E-state index contributed by atoms with van der Waals surface area (Å²) in [6.45, 7) is 4.75. The fourth-order valence-corrected chi connectivity index (χ4v) is 3.59. The maximum atomic E-state index is 5.49. The molecule has 1 fully saturated rings. The molecule has 4 aromatic rings. The fraction of sp³-hybridized carbons (Fsp3) is 0.261. The lowest BCUT2D eigenvalue weighted by Crippen LogP contribution is -2.37. The number of hydrazone groups is 1. The number of nitrogens with one attached hydrogen (secondary N) is 1. The number of nitrogens with zero attached hydrogens (tertiary/aromatic N) is 7. The Hall–Kier alpha value is -4.05. The van der Waals surface area contributed by atoms with Gasteiger partial charge in [-0.3, -0.25) is 9.99 Å². The van der Waals surface area contributed by atoms with E-state index in [1.807, 2.05) is 41.8 Å². The van der Waals surface area contributed by atoms with E-state index in [0.717, 1.165) is 5.56 Å². The van der Waals surface area contributed by atoms with Crippen LogP contribution >= 0.6 is 0 Å². The van der Waals surface area contributed by atoms with Gasteiger partial charge in [0, 0.05) is 13.1 Å². The summed E-state index contributed by atoms with van der Waals surface area (Å²) in [5.74, 6) is 2.48. The number of hydrogen-bond donors (Lipinski definition) is 1. The number of hydrogen-bond acceptors (Lipinski definition) is 9. The number of pyridine rings is 1. The van der Waals surface area contributed by atoms with Gasteiger partial charge >= 0.3 is 0 Å². The van der Waals surface area contributed by atoms with Crippen LogP contribution in [-0.2, 0) is 4.74 Å². The van der Waals surface area contributed by atoms with Crippen molar-refractivity contribution in [3.8, 4) is 11.6 Å². The standard InChI is InChI=1S/C23H24N8O2/c1-16-4-3-5-17(12-16)13-26-29-21-20-22(28-23(27-21)30-8-10-33-11-9-30)31(15-25-20)19-7-6-18(32-2)14-24-19/h3-7,12-15H,8-11H2,1-2H3,(H,27,28,29)/b26-13+. The molecule has 1 aliphatic rings. The third-order valence-corrected chi connectivity index (χ3v) is 5.31. The van der Waals surface area contributed by atoms with Crippen LogP contribution in [0.25, 0.3) is 17.0 Å². The van der Waals surface area contributed by atoms with Crippen molar-refractivity contribution in [2.24, 2.45) is 5.10 Å². The van der Waals surface area contributed by atoms with Crippen LogP contribution < -0.4 is 15.1 Å². The molecule has 3 aromatic heterocycles. The molecule has 4 heterocycles. The Morgan fingerprint density at radius 3 is 2.76 bits per heavy atom. The Kier molecular flexibility index (Phi) is 5.81. The van der Waals surface area contributed by atoms with E-state index in [4.69, 9.17) is 19.4 Å². The monoisotopic (exact) mass is 444 g/mol. The lowest BCUT2D eigenvalue weighted by Gasteiger charge is -2.27. The van der Waals surface area contributed by atoms with Gasteiger partial charge in [0.2, 0.25) is 5.95 Å². The molecule has 168 valence electrons. The highest BCUT2D eigenvalue weighted by Gasteiger charge is 2.20. The van der Waals surface area contributed by atoms with Gasteiger partial charge in [-0.2, -0.15) is 15.1 Å². The second-order valence-corrected chi connectivity index (χ2v) is 7.60. The first kappa shape index (κ1) is 20.8. The molecule has 33 heavy (non-hydrogen) atoms. The van der Waals surface area contributed by atoms with Gasteiger partial charge in [-0.05, 0) is 24.6 Å². The summed E-state index contributed by atoms with van der Waals surface area (Å²) in [6, 6.07) is 11.8. The average Bonchev–Trinajstić information content (AvgIpc) is 3.29. The molecule has 5 rings (SSSR count). The SMILES string of the molecule is COc1ccc(-n2cnc3c(N/N=C/c4cccc(C)c4)nc(N4CCOCC4)nc32)nc1.